The molecule has 0 aromatic heterocycles. The van der Waals surface area contributed by atoms with E-state index in [1.54, 1.807) is 0 Å². The van der Waals surface area contributed by atoms with Gasteiger partial charge in [-0.05, 0) is 0 Å². The van der Waals surface area contributed by atoms with Crippen LogP contribution >= 0.6 is 0 Å². The van der Waals surface area contributed by atoms with E-state index in [0.717, 1.165) is 0 Å². The summed E-state index contributed by atoms with van der Waals surface area (Å²) < 4.78 is 0. The predicted molar refractivity (Wildman–Crippen MR) is 26.6 cm³/mol. The largest absolute Gasteiger partial charge is 0.339 e. The molecule has 0 unspecified atom stereocenters. The maximum atomic E-state index is 9.90. The monoisotopic (exact) mass is 114 g/mol. The van der Waals surface area contributed by atoms with Crippen LogP contribution < -0.4 is 0 Å². The predicted octanol–water partition coefficient (Wildman–Crippen LogP) is 0.114. The molecule has 0 atom stereocenters. The van der Waals surface area contributed by atoms with E-state index >= 15 is 0 Å². The van der Waals surface area contributed by atoms with E-state index in [0.29, 0.717) is 0 Å². The molecule has 0 aliphatic carbocycles. The zero-order chi connectivity index (χ0) is 6.41. The second kappa shape index (κ2) is 4.16. The van der Waals surface area contributed by atoms with Gasteiger partial charge in [0, 0.05) is 6.92 Å². The van der Waals surface area contributed by atoms with Crippen molar-refractivity contribution in [2.45, 2.75) is 6.92 Å². The van der Waals surface area contributed by atoms with Gasteiger partial charge in [0.05, 0.1) is 0 Å². The lowest BCUT2D eigenvalue weighted by Crippen LogP contribution is -1.99. The topological polar surface area (TPSA) is 35.5 Å². The maximum Gasteiger partial charge on any atom is 0.339 e. The molecule has 0 bridgehead atoms. The molecule has 0 N–H and O–H groups in total. The maximum absolute atomic E-state index is 9.90. The molecule has 44 valence electrons. The van der Waals surface area contributed by atoms with E-state index in [9.17, 15) is 4.79 Å². The lowest BCUT2D eigenvalue weighted by atomic mass is 10.8. The van der Waals surface area contributed by atoms with Crippen molar-refractivity contribution in [2.75, 3.05) is 6.61 Å². The lowest BCUT2D eigenvalue weighted by Gasteiger charge is -1.92. The average molecular weight is 114 g/mol. The lowest BCUT2D eigenvalue weighted by molar-refractivity contribution is -0.262. The molecule has 0 aromatic carbocycles. The number of terminal acetylenes is 1. The van der Waals surface area contributed by atoms with Gasteiger partial charge in [-0.1, -0.05) is 5.92 Å². The highest BCUT2D eigenvalue weighted by atomic mass is 17.2. The quantitative estimate of drug-likeness (QED) is 0.221. The number of hydrogen-bond donors (Lipinski definition) is 0. The molecule has 0 fully saturated rings. The van der Waals surface area contributed by atoms with Crippen LogP contribution in [0, 0.1) is 12.3 Å². The van der Waals surface area contributed by atoms with Crippen LogP contribution in [0.4, 0.5) is 0 Å². The van der Waals surface area contributed by atoms with Gasteiger partial charge in [-0.3, -0.25) is 4.89 Å². The molecular weight excluding hydrogens is 108 g/mol. The first-order valence-corrected chi connectivity index (χ1v) is 2.01. The summed E-state index contributed by atoms with van der Waals surface area (Å²) in [5.41, 5.74) is 0. The van der Waals surface area contributed by atoms with Crippen molar-refractivity contribution in [1.82, 2.24) is 0 Å². The van der Waals surface area contributed by atoms with E-state index in [4.69, 9.17) is 6.42 Å². The summed E-state index contributed by atoms with van der Waals surface area (Å²) in [7, 11) is 0. The van der Waals surface area contributed by atoms with Gasteiger partial charge in [0.15, 0.2) is 6.61 Å². The van der Waals surface area contributed by atoms with Gasteiger partial charge in [-0.15, -0.1) is 6.42 Å². The van der Waals surface area contributed by atoms with Crippen molar-refractivity contribution in [3.8, 4) is 12.3 Å². The Labute approximate surface area is 47.5 Å². The van der Waals surface area contributed by atoms with Crippen LogP contribution in [0.15, 0.2) is 0 Å². The minimum Gasteiger partial charge on any atom is -0.298 e. The van der Waals surface area contributed by atoms with Crippen molar-refractivity contribution in [3.05, 3.63) is 0 Å². The van der Waals surface area contributed by atoms with Crippen molar-refractivity contribution in [2.24, 2.45) is 0 Å². The summed E-state index contributed by atoms with van der Waals surface area (Å²) in [5, 5.41) is 0. The number of rotatable bonds is 2. The fourth-order valence-corrected chi connectivity index (χ4v) is 0.146. The number of hydrogen-bond acceptors (Lipinski definition) is 3. The van der Waals surface area contributed by atoms with E-state index in [1.807, 2.05) is 0 Å². The highest BCUT2D eigenvalue weighted by Gasteiger charge is 1.88. The third kappa shape index (κ3) is 4.99. The summed E-state index contributed by atoms with van der Waals surface area (Å²) in [6, 6.07) is 0. The number of carbonyl (C=O) groups is 1. The molecule has 0 spiro atoms. The molecule has 0 rings (SSSR count). The molecule has 0 amide bonds. The van der Waals surface area contributed by atoms with Crippen molar-refractivity contribution in [1.29, 1.82) is 0 Å². The summed E-state index contributed by atoms with van der Waals surface area (Å²) in [4.78, 5) is 18.1. The Bertz CT molecular complexity index is 111. The molecule has 0 aliphatic heterocycles. The highest BCUT2D eigenvalue weighted by Crippen LogP contribution is 1.75. The molecule has 3 heteroatoms. The van der Waals surface area contributed by atoms with Gasteiger partial charge in [0.2, 0.25) is 0 Å². The molecule has 8 heavy (non-hydrogen) atoms. The van der Waals surface area contributed by atoms with E-state index in [-0.39, 0.29) is 6.61 Å². The number of carbonyl (C=O) groups excluding carboxylic acids is 1. The first-order chi connectivity index (χ1) is 3.77. The standard InChI is InChI=1S/C5H6O3/c1-3-4-7-8-5(2)6/h1H,4H2,2H3. The molecule has 3 nitrogen and oxygen atoms in total. The average Bonchev–Trinajstić information content (AvgIpc) is 1.66. The van der Waals surface area contributed by atoms with Crippen LogP contribution in [0.1, 0.15) is 6.92 Å². The molecular formula is C5H6O3. The van der Waals surface area contributed by atoms with Crippen molar-refractivity contribution in [3.63, 3.8) is 0 Å². The fraction of sp³-hybridized carbons (Fsp3) is 0.400. The summed E-state index contributed by atoms with van der Waals surface area (Å²) >= 11 is 0. The Balaban J connectivity index is 2.97. The molecule has 0 aliphatic rings. The van der Waals surface area contributed by atoms with E-state index in [2.05, 4.69) is 15.7 Å². The summed E-state index contributed by atoms with van der Waals surface area (Å²) in [6.45, 7) is 1.23. The van der Waals surface area contributed by atoms with Gasteiger partial charge < -0.3 is 0 Å². The van der Waals surface area contributed by atoms with Crippen LogP contribution in [0.5, 0.6) is 0 Å². The summed E-state index contributed by atoms with van der Waals surface area (Å²) in [6.07, 6.45) is 4.75. The van der Waals surface area contributed by atoms with Gasteiger partial charge in [-0.2, -0.15) is 4.89 Å². The Morgan fingerprint density at radius 1 is 1.88 bits per heavy atom. The molecule has 0 saturated carbocycles. The smallest absolute Gasteiger partial charge is 0.298 e. The van der Waals surface area contributed by atoms with Gasteiger partial charge in [0.25, 0.3) is 0 Å². The molecule has 0 radical (unpaired) electrons. The van der Waals surface area contributed by atoms with Crippen molar-refractivity contribution >= 4 is 5.97 Å². The Hall–Kier alpha value is -1.01. The SMILES string of the molecule is C#CCOOC(C)=O. The Morgan fingerprint density at radius 3 is 2.88 bits per heavy atom. The van der Waals surface area contributed by atoms with Gasteiger partial charge >= 0.3 is 5.97 Å². The zero-order valence-corrected chi connectivity index (χ0v) is 4.51. The first-order valence-electron chi connectivity index (χ1n) is 2.01. The minimum atomic E-state index is -0.500. The molecule has 0 saturated heterocycles. The summed E-state index contributed by atoms with van der Waals surface area (Å²) in [5.74, 6) is 1.62. The Morgan fingerprint density at radius 2 is 2.50 bits per heavy atom. The first kappa shape index (κ1) is 6.99. The van der Waals surface area contributed by atoms with Crippen LogP contribution in [-0.4, -0.2) is 12.6 Å². The van der Waals surface area contributed by atoms with E-state index in [1.165, 1.54) is 6.92 Å². The molecule has 0 aromatic rings. The van der Waals surface area contributed by atoms with Gasteiger partial charge in [0.1, 0.15) is 0 Å². The minimum absolute atomic E-state index is 0.000417. The fourth-order valence-electron chi connectivity index (χ4n) is 0.146. The Kier molecular flexibility index (Phi) is 3.63. The second-order valence-corrected chi connectivity index (χ2v) is 1.04. The second-order valence-electron chi connectivity index (χ2n) is 1.04. The van der Waals surface area contributed by atoms with Crippen LogP contribution in [0.25, 0.3) is 0 Å². The van der Waals surface area contributed by atoms with Crippen LogP contribution in [0.3, 0.4) is 0 Å². The normalized spacial score (nSPS) is 7.50. The third-order valence-electron chi connectivity index (χ3n) is 0.319. The highest BCUT2D eigenvalue weighted by molar-refractivity contribution is 5.65. The van der Waals surface area contributed by atoms with Crippen LogP contribution in [0.2, 0.25) is 0 Å². The van der Waals surface area contributed by atoms with E-state index < -0.39 is 5.97 Å². The van der Waals surface area contributed by atoms with Gasteiger partial charge in [-0.25, -0.2) is 4.79 Å². The third-order valence-corrected chi connectivity index (χ3v) is 0.319. The van der Waals surface area contributed by atoms with Crippen LogP contribution in [-0.2, 0) is 14.6 Å². The molecule has 0 heterocycles. The van der Waals surface area contributed by atoms with Crippen molar-refractivity contribution < 1.29 is 14.6 Å². The zero-order valence-electron chi connectivity index (χ0n) is 4.51.